The number of ether oxygens (including phenoxy) is 1. The minimum atomic E-state index is -1.20. The van der Waals surface area contributed by atoms with Gasteiger partial charge in [-0.15, -0.1) is 0 Å². The van der Waals surface area contributed by atoms with Gasteiger partial charge in [0.15, 0.2) is 0 Å². The van der Waals surface area contributed by atoms with Crippen LogP contribution in [0.25, 0.3) is 0 Å². The maximum absolute atomic E-state index is 11.3. The molecule has 5 nitrogen and oxygen atoms in total. The van der Waals surface area contributed by atoms with Crippen LogP contribution >= 0.6 is 0 Å². The first-order valence-electron chi connectivity index (χ1n) is 4.54. The Balaban J connectivity index is 4.69. The smallest absolute Gasteiger partial charge is 0.410 e. The van der Waals surface area contributed by atoms with E-state index in [1.807, 2.05) is 0 Å². The van der Waals surface area contributed by atoms with Crippen molar-refractivity contribution in [3.63, 3.8) is 0 Å². The van der Waals surface area contributed by atoms with Crippen LogP contribution in [-0.4, -0.2) is 41.3 Å². The van der Waals surface area contributed by atoms with Gasteiger partial charge in [0.1, 0.15) is 5.54 Å². The molecular formula is C9H17NO4. The lowest BCUT2D eigenvalue weighted by molar-refractivity contribution is -0.148. The van der Waals surface area contributed by atoms with Gasteiger partial charge in [-0.05, 0) is 20.3 Å². The number of carbonyl (C=O) groups excluding carboxylic acids is 1. The van der Waals surface area contributed by atoms with Crippen LogP contribution in [0.4, 0.5) is 4.79 Å². The maximum Gasteiger partial charge on any atom is 0.410 e. The largest absolute Gasteiger partial charge is 0.480 e. The van der Waals surface area contributed by atoms with E-state index < -0.39 is 17.6 Å². The first-order valence-corrected chi connectivity index (χ1v) is 4.54. The summed E-state index contributed by atoms with van der Waals surface area (Å²) >= 11 is 0. The molecule has 5 heteroatoms. The Kier molecular flexibility index (Phi) is 4.40. The van der Waals surface area contributed by atoms with E-state index in [1.54, 1.807) is 13.8 Å². The number of likely N-dealkylation sites (N-methyl/N-ethyl adjacent to an activating group) is 1. The molecule has 0 aromatic rings. The molecule has 0 heterocycles. The van der Waals surface area contributed by atoms with Crippen molar-refractivity contribution in [3.8, 4) is 0 Å². The van der Waals surface area contributed by atoms with Gasteiger partial charge >= 0.3 is 12.1 Å². The fraction of sp³-hybridized carbons (Fsp3) is 0.778. The van der Waals surface area contributed by atoms with Crippen molar-refractivity contribution < 1.29 is 19.4 Å². The van der Waals surface area contributed by atoms with Gasteiger partial charge in [0.2, 0.25) is 0 Å². The highest BCUT2D eigenvalue weighted by Gasteiger charge is 2.39. The summed E-state index contributed by atoms with van der Waals surface area (Å²) in [6.45, 7) is 5.12. The first kappa shape index (κ1) is 12.7. The van der Waals surface area contributed by atoms with Crippen LogP contribution < -0.4 is 0 Å². The van der Waals surface area contributed by atoms with Gasteiger partial charge in [-0.25, -0.2) is 9.59 Å². The Labute approximate surface area is 83.6 Å². The van der Waals surface area contributed by atoms with Crippen molar-refractivity contribution in [2.75, 3.05) is 13.7 Å². The summed E-state index contributed by atoms with van der Waals surface area (Å²) in [6.07, 6.45) is -0.281. The highest BCUT2D eigenvalue weighted by molar-refractivity contribution is 5.83. The topological polar surface area (TPSA) is 66.8 Å². The van der Waals surface area contributed by atoms with Crippen LogP contribution in [0, 0.1) is 0 Å². The molecule has 14 heavy (non-hydrogen) atoms. The fourth-order valence-corrected chi connectivity index (χ4v) is 0.954. The molecule has 0 fully saturated rings. The molecule has 0 aromatic heterocycles. The highest BCUT2D eigenvalue weighted by Crippen LogP contribution is 2.18. The van der Waals surface area contributed by atoms with E-state index in [0.29, 0.717) is 6.42 Å². The Morgan fingerprint density at radius 2 is 1.93 bits per heavy atom. The Morgan fingerprint density at radius 3 is 2.21 bits per heavy atom. The number of hydrogen-bond acceptors (Lipinski definition) is 3. The lowest BCUT2D eigenvalue weighted by Gasteiger charge is -2.33. The van der Waals surface area contributed by atoms with Gasteiger partial charge in [-0.3, -0.25) is 4.90 Å². The molecule has 0 saturated carbocycles. The van der Waals surface area contributed by atoms with Crippen molar-refractivity contribution in [1.29, 1.82) is 0 Å². The molecule has 1 atom stereocenters. The second-order valence-electron chi connectivity index (χ2n) is 3.19. The van der Waals surface area contributed by atoms with Crippen LogP contribution in [-0.2, 0) is 9.53 Å². The molecule has 0 rings (SSSR count). The first-order chi connectivity index (χ1) is 6.40. The fourth-order valence-electron chi connectivity index (χ4n) is 0.954. The second-order valence-corrected chi connectivity index (χ2v) is 3.19. The van der Waals surface area contributed by atoms with E-state index in [0.717, 1.165) is 4.90 Å². The molecule has 1 N–H and O–H groups in total. The van der Waals surface area contributed by atoms with Crippen LogP contribution in [0.15, 0.2) is 0 Å². The number of carboxylic acid groups (broad SMARTS) is 1. The third-order valence-corrected chi connectivity index (χ3v) is 2.43. The number of carbonyl (C=O) groups is 2. The van der Waals surface area contributed by atoms with Crippen LogP contribution in [0.2, 0.25) is 0 Å². The van der Waals surface area contributed by atoms with Gasteiger partial charge in [0.25, 0.3) is 0 Å². The van der Waals surface area contributed by atoms with E-state index in [-0.39, 0.29) is 6.61 Å². The SMILES string of the molecule is CCOC(=O)N(C)C(C)(CC)C(=O)O. The summed E-state index contributed by atoms with van der Waals surface area (Å²) in [7, 11) is 1.43. The van der Waals surface area contributed by atoms with Gasteiger partial charge in [0, 0.05) is 7.05 Å². The summed E-state index contributed by atoms with van der Waals surface area (Å²) in [5, 5.41) is 8.97. The maximum atomic E-state index is 11.3. The summed E-state index contributed by atoms with van der Waals surface area (Å²) in [5.41, 5.74) is -1.20. The summed E-state index contributed by atoms with van der Waals surface area (Å²) in [6, 6.07) is 0. The molecule has 0 saturated heterocycles. The molecule has 0 aliphatic rings. The molecule has 0 aliphatic carbocycles. The average Bonchev–Trinajstić information content (AvgIpc) is 2.15. The van der Waals surface area contributed by atoms with Crippen molar-refractivity contribution in [2.24, 2.45) is 0 Å². The van der Waals surface area contributed by atoms with Crippen molar-refractivity contribution >= 4 is 12.1 Å². The summed E-state index contributed by atoms with van der Waals surface area (Å²) in [4.78, 5) is 23.4. The van der Waals surface area contributed by atoms with Gasteiger partial charge in [-0.1, -0.05) is 6.92 Å². The number of aliphatic carboxylic acids is 1. The lowest BCUT2D eigenvalue weighted by atomic mass is 9.98. The van der Waals surface area contributed by atoms with Gasteiger partial charge in [-0.2, -0.15) is 0 Å². The Morgan fingerprint density at radius 1 is 1.43 bits per heavy atom. The molecule has 0 bridgehead atoms. The molecule has 82 valence electrons. The molecule has 0 aromatic carbocycles. The van der Waals surface area contributed by atoms with Crippen LogP contribution in [0.3, 0.4) is 0 Å². The van der Waals surface area contributed by atoms with Crippen LogP contribution in [0.1, 0.15) is 27.2 Å². The zero-order chi connectivity index (χ0) is 11.4. The third-order valence-electron chi connectivity index (χ3n) is 2.43. The van der Waals surface area contributed by atoms with Crippen molar-refractivity contribution in [1.82, 2.24) is 4.90 Å². The highest BCUT2D eigenvalue weighted by atomic mass is 16.6. The van der Waals surface area contributed by atoms with E-state index in [1.165, 1.54) is 14.0 Å². The zero-order valence-electron chi connectivity index (χ0n) is 9.03. The van der Waals surface area contributed by atoms with Gasteiger partial charge < -0.3 is 9.84 Å². The number of rotatable bonds is 4. The second kappa shape index (κ2) is 4.83. The lowest BCUT2D eigenvalue weighted by Crippen LogP contribution is -2.52. The van der Waals surface area contributed by atoms with E-state index >= 15 is 0 Å². The van der Waals surface area contributed by atoms with Crippen molar-refractivity contribution in [2.45, 2.75) is 32.7 Å². The third kappa shape index (κ3) is 2.37. The van der Waals surface area contributed by atoms with E-state index in [4.69, 9.17) is 9.84 Å². The quantitative estimate of drug-likeness (QED) is 0.748. The zero-order valence-corrected chi connectivity index (χ0v) is 9.03. The predicted molar refractivity (Wildman–Crippen MR) is 51.1 cm³/mol. The number of hydrogen-bond donors (Lipinski definition) is 1. The Hall–Kier alpha value is -1.26. The molecule has 1 amide bonds. The molecule has 0 spiro atoms. The van der Waals surface area contributed by atoms with Crippen LogP contribution in [0.5, 0.6) is 0 Å². The van der Waals surface area contributed by atoms with Gasteiger partial charge in [0.05, 0.1) is 6.61 Å². The number of carboxylic acids is 1. The van der Waals surface area contributed by atoms with E-state index in [9.17, 15) is 9.59 Å². The predicted octanol–water partition coefficient (Wildman–Crippen LogP) is 1.33. The van der Waals surface area contributed by atoms with Crippen molar-refractivity contribution in [3.05, 3.63) is 0 Å². The summed E-state index contributed by atoms with van der Waals surface area (Å²) in [5.74, 6) is -1.03. The number of nitrogens with zero attached hydrogens (tertiary/aromatic N) is 1. The summed E-state index contributed by atoms with van der Waals surface area (Å²) < 4.78 is 4.73. The molecule has 0 aliphatic heterocycles. The minimum Gasteiger partial charge on any atom is -0.480 e. The molecule has 0 radical (unpaired) electrons. The van der Waals surface area contributed by atoms with E-state index in [2.05, 4.69) is 0 Å². The molecule has 1 unspecified atom stereocenters. The minimum absolute atomic E-state index is 0.239. The molecular weight excluding hydrogens is 186 g/mol. The Bertz CT molecular complexity index is 229. The average molecular weight is 203 g/mol. The standard InChI is InChI=1S/C9H17NO4/c1-5-9(3,7(11)12)10(4)8(13)14-6-2/h5-6H2,1-4H3,(H,11,12). The number of amides is 1. The monoisotopic (exact) mass is 203 g/mol. The normalized spacial score (nSPS) is 14.3.